The Morgan fingerprint density at radius 2 is 1.14 bits per heavy atom. The van der Waals surface area contributed by atoms with Crippen molar-refractivity contribution in [2.24, 2.45) is 0 Å². The number of nitrogens with zero attached hydrogens (tertiary/aromatic N) is 4. The number of rotatable bonds is 4. The maximum absolute atomic E-state index is 6.24. The Morgan fingerprint density at radius 3 is 2.04 bits per heavy atom. The van der Waals surface area contributed by atoms with Crippen molar-refractivity contribution in [2.75, 3.05) is 0 Å². The van der Waals surface area contributed by atoms with Crippen molar-refractivity contribution in [2.45, 2.75) is 0 Å². The lowest BCUT2D eigenvalue weighted by Crippen LogP contribution is -2.01. The average molecular weight is 671 g/mol. The van der Waals surface area contributed by atoms with Gasteiger partial charge in [-0.1, -0.05) is 115 Å². The molecule has 238 valence electrons. The molecule has 4 heterocycles. The fraction of sp³-hybridized carbons (Fsp3) is 0. The third kappa shape index (κ3) is 4.30. The van der Waals surface area contributed by atoms with Gasteiger partial charge in [0, 0.05) is 64.1 Å². The Labute approximate surface area is 295 Å². The van der Waals surface area contributed by atoms with Crippen LogP contribution in [0.1, 0.15) is 0 Å². The summed E-state index contributed by atoms with van der Waals surface area (Å²) in [6.45, 7) is 0. The van der Waals surface area contributed by atoms with E-state index in [0.29, 0.717) is 17.5 Å². The number of para-hydroxylation sites is 2. The molecule has 0 bridgehead atoms. The summed E-state index contributed by atoms with van der Waals surface area (Å²) < 4.78 is 11.2. The summed E-state index contributed by atoms with van der Waals surface area (Å²) in [5.41, 5.74) is 7.77. The standard InChI is InChI=1S/C45H26N4OS/c1-2-12-27(13-3-1)43-46-44(48-45(47-43)34-19-11-22-38-40(34)33-18-5-8-21-37(33)50-38)28-14-10-15-29(26-28)49-35-20-7-4-17-32(35)41-36(49)25-24-31-30-16-6-9-23-39(30)51-42(31)41/h1-26H. The van der Waals surface area contributed by atoms with Crippen LogP contribution in [-0.4, -0.2) is 19.5 Å². The molecule has 0 radical (unpaired) electrons. The van der Waals surface area contributed by atoms with E-state index >= 15 is 0 Å². The molecule has 4 aromatic heterocycles. The average Bonchev–Trinajstić information content (AvgIpc) is 3.87. The largest absolute Gasteiger partial charge is 0.456 e. The molecule has 5 nitrogen and oxygen atoms in total. The Morgan fingerprint density at radius 1 is 0.451 bits per heavy atom. The molecule has 0 aliphatic heterocycles. The minimum absolute atomic E-state index is 0.602. The van der Waals surface area contributed by atoms with Gasteiger partial charge in [0.25, 0.3) is 0 Å². The van der Waals surface area contributed by atoms with E-state index in [1.165, 1.54) is 36.5 Å². The molecule has 51 heavy (non-hydrogen) atoms. The van der Waals surface area contributed by atoms with Crippen molar-refractivity contribution in [3.63, 3.8) is 0 Å². The third-order valence-corrected chi connectivity index (χ3v) is 11.1. The molecule has 0 saturated heterocycles. The minimum atomic E-state index is 0.602. The van der Waals surface area contributed by atoms with E-state index in [2.05, 4.69) is 102 Å². The number of benzene rings is 7. The van der Waals surface area contributed by atoms with Gasteiger partial charge in [0.15, 0.2) is 17.5 Å². The second-order valence-electron chi connectivity index (χ2n) is 12.8. The fourth-order valence-electron chi connectivity index (χ4n) is 7.60. The SMILES string of the molecule is c1ccc(-c2nc(-c3cccc(-n4c5ccccc5c5c6sc7ccccc7c6ccc54)c3)nc(-c3cccc4oc5ccccc5c34)n2)cc1. The summed E-state index contributed by atoms with van der Waals surface area (Å²) in [5, 5.41) is 7.15. The third-order valence-electron chi connectivity index (χ3n) is 9.85. The quantitative estimate of drug-likeness (QED) is 0.187. The summed E-state index contributed by atoms with van der Waals surface area (Å²) in [5.74, 6) is 1.83. The fourth-order valence-corrected chi connectivity index (χ4v) is 8.86. The maximum atomic E-state index is 6.24. The molecule has 0 aliphatic rings. The molecule has 0 aliphatic carbocycles. The molecule has 11 aromatic rings. The van der Waals surface area contributed by atoms with Crippen LogP contribution >= 0.6 is 11.3 Å². The minimum Gasteiger partial charge on any atom is -0.456 e. The van der Waals surface area contributed by atoms with Crippen LogP contribution in [0.3, 0.4) is 0 Å². The smallest absolute Gasteiger partial charge is 0.164 e. The van der Waals surface area contributed by atoms with Gasteiger partial charge in [0.05, 0.1) is 11.0 Å². The molecule has 0 N–H and O–H groups in total. The first-order valence-electron chi connectivity index (χ1n) is 16.9. The van der Waals surface area contributed by atoms with Gasteiger partial charge >= 0.3 is 0 Å². The van der Waals surface area contributed by atoms with E-state index < -0.39 is 0 Å². The Hall–Kier alpha value is -6.63. The highest BCUT2D eigenvalue weighted by molar-refractivity contribution is 7.26. The first-order chi connectivity index (χ1) is 25.3. The van der Waals surface area contributed by atoms with Gasteiger partial charge in [-0.25, -0.2) is 15.0 Å². The van der Waals surface area contributed by atoms with Crippen LogP contribution in [0, 0.1) is 0 Å². The van der Waals surface area contributed by atoms with Gasteiger partial charge in [0.1, 0.15) is 11.2 Å². The monoisotopic (exact) mass is 670 g/mol. The molecular formula is C45H26N4OS. The lowest BCUT2D eigenvalue weighted by Gasteiger charge is -2.12. The maximum Gasteiger partial charge on any atom is 0.164 e. The Balaban J connectivity index is 1.14. The van der Waals surface area contributed by atoms with Gasteiger partial charge in [-0.2, -0.15) is 0 Å². The number of furan rings is 1. The van der Waals surface area contributed by atoms with E-state index in [-0.39, 0.29) is 0 Å². The van der Waals surface area contributed by atoms with E-state index in [4.69, 9.17) is 19.4 Å². The number of hydrogen-bond donors (Lipinski definition) is 0. The summed E-state index contributed by atoms with van der Waals surface area (Å²) in [6.07, 6.45) is 0. The van der Waals surface area contributed by atoms with Crippen LogP contribution in [0.4, 0.5) is 0 Å². The van der Waals surface area contributed by atoms with Crippen LogP contribution in [0.2, 0.25) is 0 Å². The first kappa shape index (κ1) is 28.2. The van der Waals surface area contributed by atoms with Gasteiger partial charge < -0.3 is 8.98 Å². The van der Waals surface area contributed by atoms with Crippen molar-refractivity contribution in [3.8, 4) is 39.9 Å². The molecule has 11 rings (SSSR count). The number of hydrogen-bond acceptors (Lipinski definition) is 5. The predicted octanol–water partition coefficient (Wildman–Crippen LogP) is 12.2. The van der Waals surface area contributed by atoms with Crippen LogP contribution < -0.4 is 0 Å². The molecule has 0 amide bonds. The van der Waals surface area contributed by atoms with E-state index in [1.807, 2.05) is 72.0 Å². The van der Waals surface area contributed by atoms with Crippen molar-refractivity contribution in [1.29, 1.82) is 0 Å². The van der Waals surface area contributed by atoms with Gasteiger partial charge in [-0.05, 0) is 42.5 Å². The molecular weight excluding hydrogens is 645 g/mol. The Bertz CT molecular complexity index is 3150. The molecule has 0 atom stereocenters. The van der Waals surface area contributed by atoms with Crippen molar-refractivity contribution in [3.05, 3.63) is 158 Å². The summed E-state index contributed by atoms with van der Waals surface area (Å²) in [7, 11) is 0. The topological polar surface area (TPSA) is 56.7 Å². The normalized spacial score (nSPS) is 11.9. The predicted molar refractivity (Wildman–Crippen MR) is 211 cm³/mol. The molecule has 0 unspecified atom stereocenters. The van der Waals surface area contributed by atoms with Crippen molar-refractivity contribution < 1.29 is 4.42 Å². The second kappa shape index (κ2) is 10.9. The van der Waals surface area contributed by atoms with Crippen LogP contribution in [0.5, 0.6) is 0 Å². The number of aromatic nitrogens is 4. The molecule has 0 spiro atoms. The number of fused-ring (bicyclic) bond motifs is 10. The highest BCUT2D eigenvalue weighted by Gasteiger charge is 2.20. The van der Waals surface area contributed by atoms with E-state index in [0.717, 1.165) is 49.8 Å². The van der Waals surface area contributed by atoms with Gasteiger partial charge in [-0.15, -0.1) is 11.3 Å². The highest BCUT2D eigenvalue weighted by Crippen LogP contribution is 2.43. The summed E-state index contributed by atoms with van der Waals surface area (Å²) in [4.78, 5) is 15.3. The van der Waals surface area contributed by atoms with Crippen molar-refractivity contribution in [1.82, 2.24) is 19.5 Å². The highest BCUT2D eigenvalue weighted by atomic mass is 32.1. The first-order valence-corrected chi connectivity index (χ1v) is 17.8. The van der Waals surface area contributed by atoms with Crippen molar-refractivity contribution >= 4 is 75.3 Å². The van der Waals surface area contributed by atoms with Crippen LogP contribution in [0.25, 0.3) is 104 Å². The zero-order valence-electron chi connectivity index (χ0n) is 27.1. The van der Waals surface area contributed by atoms with Gasteiger partial charge in [-0.3, -0.25) is 0 Å². The lowest BCUT2D eigenvalue weighted by atomic mass is 10.1. The van der Waals surface area contributed by atoms with E-state index in [1.54, 1.807) is 0 Å². The summed E-state index contributed by atoms with van der Waals surface area (Å²) >= 11 is 1.87. The zero-order chi connectivity index (χ0) is 33.5. The molecule has 7 aromatic carbocycles. The van der Waals surface area contributed by atoms with E-state index in [9.17, 15) is 0 Å². The molecule has 0 fully saturated rings. The number of thiophene rings is 1. The molecule has 0 saturated carbocycles. The Kier molecular flexibility index (Phi) is 6.05. The zero-order valence-corrected chi connectivity index (χ0v) is 27.9. The van der Waals surface area contributed by atoms with Crippen LogP contribution in [0.15, 0.2) is 162 Å². The van der Waals surface area contributed by atoms with Gasteiger partial charge in [0.2, 0.25) is 0 Å². The van der Waals surface area contributed by atoms with Crippen LogP contribution in [-0.2, 0) is 0 Å². The lowest BCUT2D eigenvalue weighted by molar-refractivity contribution is 0.669. The molecule has 6 heteroatoms. The second-order valence-corrected chi connectivity index (χ2v) is 13.8. The summed E-state index contributed by atoms with van der Waals surface area (Å²) in [6, 6.07) is 54.8.